The molecule has 0 unspecified atom stereocenters. The molecule has 0 heterocycles. The molecule has 0 rings (SSSR count). The lowest BCUT2D eigenvalue weighted by molar-refractivity contribution is -0.120. The van der Waals surface area contributed by atoms with Crippen LogP contribution in [0.25, 0.3) is 0 Å². The molecule has 2 heteroatoms. The van der Waals surface area contributed by atoms with Crippen LogP contribution in [-0.4, -0.2) is 5.91 Å². The molecular formula is C9H17NO. The highest BCUT2D eigenvalue weighted by Gasteiger charge is 1.97. The van der Waals surface area contributed by atoms with Gasteiger partial charge in [0.15, 0.2) is 0 Å². The fraction of sp³-hybridized carbons (Fsp3) is 0.667. The maximum atomic E-state index is 10.9. The second kappa shape index (κ2) is 5.96. The summed E-state index contributed by atoms with van der Waals surface area (Å²) in [6.45, 7) is 5.96. The topological polar surface area (TPSA) is 29.1 Å². The molecule has 0 atom stereocenters. The quantitative estimate of drug-likeness (QED) is 0.662. The first-order chi connectivity index (χ1) is 5.24. The largest absolute Gasteiger partial charge is 0.330 e. The maximum Gasteiger partial charge on any atom is 0.223 e. The highest BCUT2D eigenvalue weighted by atomic mass is 16.1. The van der Waals surface area contributed by atoms with Crippen molar-refractivity contribution in [3.8, 4) is 0 Å². The second-order valence-electron chi connectivity index (χ2n) is 2.39. The number of amides is 1. The van der Waals surface area contributed by atoms with Crippen LogP contribution in [0.1, 0.15) is 40.0 Å². The van der Waals surface area contributed by atoms with Crippen molar-refractivity contribution in [1.29, 1.82) is 0 Å². The lowest BCUT2D eigenvalue weighted by Crippen LogP contribution is -2.20. The van der Waals surface area contributed by atoms with Gasteiger partial charge in [0.25, 0.3) is 0 Å². The molecule has 0 spiro atoms. The molecule has 0 aromatic carbocycles. The zero-order valence-corrected chi connectivity index (χ0v) is 7.61. The fourth-order valence-electron chi connectivity index (χ4n) is 0.798. The van der Waals surface area contributed by atoms with Crippen molar-refractivity contribution >= 4 is 5.91 Å². The van der Waals surface area contributed by atoms with Gasteiger partial charge < -0.3 is 5.32 Å². The van der Waals surface area contributed by atoms with Crippen molar-refractivity contribution in [2.45, 2.75) is 40.0 Å². The van der Waals surface area contributed by atoms with Crippen LogP contribution in [0.2, 0.25) is 0 Å². The van der Waals surface area contributed by atoms with E-state index in [1.54, 1.807) is 0 Å². The standard InChI is InChI=1S/C9H17NO/c1-4-7-8(5-2)10-9(11)6-3/h7H,4-6H2,1-3H3,(H,10,11)/b8-7+. The average molecular weight is 155 g/mol. The van der Waals surface area contributed by atoms with E-state index in [1.807, 2.05) is 19.9 Å². The number of hydrogen-bond donors (Lipinski definition) is 1. The van der Waals surface area contributed by atoms with E-state index in [-0.39, 0.29) is 5.91 Å². The van der Waals surface area contributed by atoms with E-state index in [9.17, 15) is 4.79 Å². The van der Waals surface area contributed by atoms with E-state index < -0.39 is 0 Å². The second-order valence-corrected chi connectivity index (χ2v) is 2.39. The van der Waals surface area contributed by atoms with Crippen LogP contribution in [0.3, 0.4) is 0 Å². The van der Waals surface area contributed by atoms with Gasteiger partial charge in [0, 0.05) is 12.1 Å². The van der Waals surface area contributed by atoms with Gasteiger partial charge in [-0.3, -0.25) is 4.79 Å². The summed E-state index contributed by atoms with van der Waals surface area (Å²) in [5.74, 6) is 0.103. The number of hydrogen-bond acceptors (Lipinski definition) is 1. The number of allylic oxidation sites excluding steroid dienone is 2. The molecule has 0 aliphatic heterocycles. The van der Waals surface area contributed by atoms with E-state index in [4.69, 9.17) is 0 Å². The Morgan fingerprint density at radius 1 is 1.27 bits per heavy atom. The predicted molar refractivity (Wildman–Crippen MR) is 47.1 cm³/mol. The highest BCUT2D eigenvalue weighted by molar-refractivity contribution is 5.77. The Labute approximate surface area is 68.7 Å². The highest BCUT2D eigenvalue weighted by Crippen LogP contribution is 1.97. The summed E-state index contributed by atoms with van der Waals surface area (Å²) >= 11 is 0. The van der Waals surface area contributed by atoms with Crippen molar-refractivity contribution in [2.24, 2.45) is 0 Å². The van der Waals surface area contributed by atoms with Crippen LogP contribution in [0, 0.1) is 0 Å². The Hall–Kier alpha value is -0.790. The van der Waals surface area contributed by atoms with E-state index in [1.165, 1.54) is 0 Å². The lowest BCUT2D eigenvalue weighted by Gasteiger charge is -2.05. The monoisotopic (exact) mass is 155 g/mol. The third-order valence-corrected chi connectivity index (χ3v) is 1.45. The third kappa shape index (κ3) is 4.59. The first-order valence-electron chi connectivity index (χ1n) is 4.23. The molecule has 0 fully saturated rings. The zero-order chi connectivity index (χ0) is 8.69. The van der Waals surface area contributed by atoms with Gasteiger partial charge in [0.1, 0.15) is 0 Å². The Balaban J connectivity index is 3.87. The molecule has 0 bridgehead atoms. The van der Waals surface area contributed by atoms with Gasteiger partial charge in [-0.05, 0) is 12.8 Å². The molecule has 64 valence electrons. The SMILES string of the molecule is CC/C=C(\CC)NC(=O)CC. The van der Waals surface area contributed by atoms with E-state index in [0.29, 0.717) is 6.42 Å². The van der Waals surface area contributed by atoms with Crippen molar-refractivity contribution < 1.29 is 4.79 Å². The van der Waals surface area contributed by atoms with Gasteiger partial charge in [0.05, 0.1) is 0 Å². The van der Waals surface area contributed by atoms with Gasteiger partial charge in [0.2, 0.25) is 5.91 Å². The Kier molecular flexibility index (Phi) is 5.53. The number of carbonyl (C=O) groups is 1. The lowest BCUT2D eigenvalue weighted by atomic mass is 10.2. The minimum absolute atomic E-state index is 0.103. The summed E-state index contributed by atoms with van der Waals surface area (Å²) in [5.41, 5.74) is 1.04. The summed E-state index contributed by atoms with van der Waals surface area (Å²) in [6.07, 6.45) is 4.49. The van der Waals surface area contributed by atoms with E-state index in [2.05, 4.69) is 12.2 Å². The molecule has 0 aliphatic rings. The first-order valence-corrected chi connectivity index (χ1v) is 4.23. The van der Waals surface area contributed by atoms with Gasteiger partial charge >= 0.3 is 0 Å². The molecule has 2 nitrogen and oxygen atoms in total. The minimum Gasteiger partial charge on any atom is -0.330 e. The Bertz CT molecular complexity index is 150. The summed E-state index contributed by atoms with van der Waals surface area (Å²) in [7, 11) is 0. The van der Waals surface area contributed by atoms with Crippen LogP contribution in [0.5, 0.6) is 0 Å². The molecule has 0 saturated heterocycles. The van der Waals surface area contributed by atoms with Crippen LogP contribution >= 0.6 is 0 Å². The molecule has 11 heavy (non-hydrogen) atoms. The Morgan fingerprint density at radius 3 is 2.27 bits per heavy atom. The van der Waals surface area contributed by atoms with Gasteiger partial charge in [-0.1, -0.05) is 26.8 Å². The molecule has 0 aromatic heterocycles. The zero-order valence-electron chi connectivity index (χ0n) is 7.61. The van der Waals surface area contributed by atoms with Crippen molar-refractivity contribution in [3.63, 3.8) is 0 Å². The molecular weight excluding hydrogens is 138 g/mol. The van der Waals surface area contributed by atoms with Crippen LogP contribution in [0.15, 0.2) is 11.8 Å². The molecule has 1 amide bonds. The minimum atomic E-state index is 0.103. The summed E-state index contributed by atoms with van der Waals surface area (Å²) in [6, 6.07) is 0. The molecule has 0 saturated carbocycles. The van der Waals surface area contributed by atoms with E-state index >= 15 is 0 Å². The van der Waals surface area contributed by atoms with Gasteiger partial charge in [-0.25, -0.2) is 0 Å². The van der Waals surface area contributed by atoms with Crippen molar-refractivity contribution in [1.82, 2.24) is 5.32 Å². The first kappa shape index (κ1) is 10.2. The van der Waals surface area contributed by atoms with Crippen LogP contribution < -0.4 is 5.32 Å². The average Bonchev–Trinajstić information content (AvgIpc) is 2.03. The number of carbonyl (C=O) groups excluding carboxylic acids is 1. The van der Waals surface area contributed by atoms with Crippen molar-refractivity contribution in [3.05, 3.63) is 11.8 Å². The molecule has 1 N–H and O–H groups in total. The summed E-state index contributed by atoms with van der Waals surface area (Å²) in [4.78, 5) is 10.9. The number of nitrogens with one attached hydrogen (secondary N) is 1. The molecule has 0 aromatic rings. The fourth-order valence-corrected chi connectivity index (χ4v) is 0.798. The normalized spacial score (nSPS) is 11.4. The van der Waals surface area contributed by atoms with Crippen molar-refractivity contribution in [2.75, 3.05) is 0 Å². The summed E-state index contributed by atoms with van der Waals surface area (Å²) in [5, 5.41) is 2.84. The van der Waals surface area contributed by atoms with Crippen LogP contribution in [0.4, 0.5) is 0 Å². The maximum absolute atomic E-state index is 10.9. The third-order valence-electron chi connectivity index (χ3n) is 1.45. The van der Waals surface area contributed by atoms with Gasteiger partial charge in [-0.15, -0.1) is 0 Å². The smallest absolute Gasteiger partial charge is 0.223 e. The molecule has 0 aliphatic carbocycles. The van der Waals surface area contributed by atoms with E-state index in [0.717, 1.165) is 18.5 Å². The predicted octanol–water partition coefficient (Wildman–Crippen LogP) is 2.22. The Morgan fingerprint density at radius 2 is 1.91 bits per heavy atom. The summed E-state index contributed by atoms with van der Waals surface area (Å²) < 4.78 is 0. The van der Waals surface area contributed by atoms with Crippen LogP contribution in [-0.2, 0) is 4.79 Å². The molecule has 0 radical (unpaired) electrons. The number of rotatable bonds is 4. The van der Waals surface area contributed by atoms with Gasteiger partial charge in [-0.2, -0.15) is 0 Å².